The lowest BCUT2D eigenvalue weighted by molar-refractivity contribution is -0.141. The van der Waals surface area contributed by atoms with E-state index < -0.39 is 31.6 Å². The molecule has 1 aromatic heterocycles. The zero-order chi connectivity index (χ0) is 20.8. The van der Waals surface area contributed by atoms with Crippen molar-refractivity contribution in [3.63, 3.8) is 0 Å². The van der Waals surface area contributed by atoms with E-state index in [-0.39, 0.29) is 17.1 Å². The number of carbonyl (C=O) groups is 3. The van der Waals surface area contributed by atoms with Crippen LogP contribution in [-0.4, -0.2) is 42.0 Å². The van der Waals surface area contributed by atoms with Crippen molar-refractivity contribution in [2.75, 3.05) is 13.2 Å². The van der Waals surface area contributed by atoms with Crippen molar-refractivity contribution in [1.29, 1.82) is 0 Å². The lowest BCUT2D eigenvalue weighted by atomic mass is 10.1. The molecule has 0 radical (unpaired) electrons. The second-order valence-corrected chi connectivity index (χ2v) is 5.99. The Morgan fingerprint density at radius 1 is 1.14 bits per heavy atom. The Balaban J connectivity index is 1.88. The quantitative estimate of drug-likeness (QED) is 0.549. The van der Waals surface area contributed by atoms with Gasteiger partial charge in [0.05, 0.1) is 5.56 Å². The molecule has 2 rings (SSSR count). The number of halogens is 2. The summed E-state index contributed by atoms with van der Waals surface area (Å²) in [5.41, 5.74) is 1.95. The van der Waals surface area contributed by atoms with Crippen LogP contribution >= 0.6 is 0 Å². The van der Waals surface area contributed by atoms with E-state index in [1.165, 1.54) is 24.3 Å². The van der Waals surface area contributed by atoms with Gasteiger partial charge < -0.3 is 19.4 Å². The first-order chi connectivity index (χ1) is 13.2. The van der Waals surface area contributed by atoms with Crippen LogP contribution in [0.15, 0.2) is 30.3 Å². The van der Waals surface area contributed by atoms with Gasteiger partial charge in [-0.2, -0.15) is 8.78 Å². The van der Waals surface area contributed by atoms with Crippen molar-refractivity contribution in [2.24, 2.45) is 7.05 Å². The van der Waals surface area contributed by atoms with E-state index in [1.54, 1.807) is 13.0 Å². The van der Waals surface area contributed by atoms with Crippen LogP contribution in [0.3, 0.4) is 0 Å². The maximum absolute atomic E-state index is 12.4. The Labute approximate surface area is 160 Å². The van der Waals surface area contributed by atoms with Crippen molar-refractivity contribution in [2.45, 2.75) is 20.5 Å². The first-order valence-corrected chi connectivity index (χ1v) is 8.34. The van der Waals surface area contributed by atoms with Crippen LogP contribution in [0.25, 0.3) is 0 Å². The van der Waals surface area contributed by atoms with Crippen LogP contribution < -0.4 is 10.1 Å². The Kier molecular flexibility index (Phi) is 6.86. The molecule has 2 aromatic rings. The van der Waals surface area contributed by atoms with E-state index in [4.69, 9.17) is 4.74 Å². The summed E-state index contributed by atoms with van der Waals surface area (Å²) in [5.74, 6) is -2.29. The summed E-state index contributed by atoms with van der Waals surface area (Å²) in [4.78, 5) is 36.0. The number of alkyl halides is 2. The fourth-order valence-electron chi connectivity index (χ4n) is 2.51. The van der Waals surface area contributed by atoms with Crippen LogP contribution in [0.2, 0.25) is 0 Å². The Hall–Kier alpha value is -3.23. The highest BCUT2D eigenvalue weighted by molar-refractivity contribution is 6.00. The van der Waals surface area contributed by atoms with Crippen LogP contribution in [-0.2, 0) is 16.6 Å². The van der Waals surface area contributed by atoms with Gasteiger partial charge in [0.2, 0.25) is 5.78 Å². The van der Waals surface area contributed by atoms with E-state index in [1.807, 2.05) is 18.5 Å². The molecule has 28 heavy (non-hydrogen) atoms. The normalized spacial score (nSPS) is 10.6. The largest absolute Gasteiger partial charge is 0.456 e. The van der Waals surface area contributed by atoms with Crippen LogP contribution in [0.1, 0.15) is 32.1 Å². The Bertz CT molecular complexity index is 892. The summed E-state index contributed by atoms with van der Waals surface area (Å²) in [6.45, 7) is -0.455. The van der Waals surface area contributed by atoms with Gasteiger partial charge in [-0.05, 0) is 32.0 Å². The topological polar surface area (TPSA) is 86.6 Å². The molecule has 0 atom stereocenters. The smallest absolute Gasteiger partial charge is 0.387 e. The number of hydrogen-bond acceptors (Lipinski definition) is 5. The zero-order valence-electron chi connectivity index (χ0n) is 15.6. The van der Waals surface area contributed by atoms with Crippen molar-refractivity contribution < 1.29 is 32.6 Å². The number of amides is 1. The molecule has 1 N–H and O–H groups in total. The minimum Gasteiger partial charge on any atom is -0.456 e. The number of ether oxygens (including phenoxy) is 2. The minimum atomic E-state index is -3.09. The molecule has 9 heteroatoms. The van der Waals surface area contributed by atoms with Gasteiger partial charge in [0.15, 0.2) is 6.61 Å². The first-order valence-electron chi connectivity index (χ1n) is 8.34. The molecule has 0 unspecified atom stereocenters. The molecule has 0 saturated carbocycles. The molecule has 7 nitrogen and oxygen atoms in total. The first kappa shape index (κ1) is 21.1. The third-order valence-electron chi connectivity index (χ3n) is 4.18. The summed E-state index contributed by atoms with van der Waals surface area (Å²) in [7, 11) is 1.82. The van der Waals surface area contributed by atoms with Crippen molar-refractivity contribution >= 4 is 17.7 Å². The highest BCUT2D eigenvalue weighted by atomic mass is 19.3. The number of aromatic nitrogens is 1. The number of benzene rings is 1. The van der Waals surface area contributed by atoms with E-state index in [9.17, 15) is 23.2 Å². The average molecular weight is 394 g/mol. The molecule has 0 saturated heterocycles. The number of nitrogens with one attached hydrogen (secondary N) is 1. The van der Waals surface area contributed by atoms with E-state index in [0.717, 1.165) is 11.4 Å². The minimum absolute atomic E-state index is 0.151. The van der Waals surface area contributed by atoms with Crippen LogP contribution in [0.4, 0.5) is 8.78 Å². The molecule has 1 amide bonds. The van der Waals surface area contributed by atoms with Gasteiger partial charge in [0.25, 0.3) is 5.91 Å². The number of nitrogens with zero attached hydrogens (tertiary/aromatic N) is 1. The summed E-state index contributed by atoms with van der Waals surface area (Å²) in [6, 6.07) is 7.09. The Morgan fingerprint density at radius 2 is 1.82 bits per heavy atom. The molecular formula is C19H20F2N2O5. The number of rotatable bonds is 8. The number of aryl methyl sites for hydroxylation is 1. The maximum Gasteiger partial charge on any atom is 0.387 e. The second-order valence-electron chi connectivity index (χ2n) is 5.99. The van der Waals surface area contributed by atoms with Gasteiger partial charge in [-0.3, -0.25) is 14.4 Å². The van der Waals surface area contributed by atoms with Crippen molar-refractivity contribution in [3.05, 3.63) is 52.8 Å². The Morgan fingerprint density at radius 3 is 2.43 bits per heavy atom. The van der Waals surface area contributed by atoms with E-state index in [0.29, 0.717) is 5.56 Å². The third-order valence-corrected chi connectivity index (χ3v) is 4.18. The van der Waals surface area contributed by atoms with Crippen molar-refractivity contribution in [1.82, 2.24) is 9.88 Å². The van der Waals surface area contributed by atoms with E-state index in [2.05, 4.69) is 10.1 Å². The summed E-state index contributed by atoms with van der Waals surface area (Å²) >= 11 is 0. The van der Waals surface area contributed by atoms with Gasteiger partial charge in [-0.15, -0.1) is 0 Å². The predicted molar refractivity (Wildman–Crippen MR) is 95.6 cm³/mol. The highest BCUT2D eigenvalue weighted by Crippen LogP contribution is 2.20. The molecule has 0 aliphatic carbocycles. The SMILES string of the molecule is Cc1cc(C(=O)COC(=O)CNC(=O)c2ccccc2OC(F)F)c(C)n1C. The standard InChI is InChI=1S/C19H20F2N2O5/c1-11-8-14(12(2)23(11)3)15(24)10-27-17(25)9-22-18(26)13-6-4-5-7-16(13)28-19(20)21/h4-8,19H,9-10H2,1-3H3,(H,22,26). The monoisotopic (exact) mass is 394 g/mol. The van der Waals surface area contributed by atoms with Gasteiger partial charge in [0.1, 0.15) is 12.3 Å². The lowest BCUT2D eigenvalue weighted by Gasteiger charge is -2.10. The fourth-order valence-corrected chi connectivity index (χ4v) is 2.51. The summed E-state index contributed by atoms with van der Waals surface area (Å²) in [5, 5.41) is 2.25. The average Bonchev–Trinajstić information content (AvgIpc) is 2.91. The maximum atomic E-state index is 12.4. The molecule has 150 valence electrons. The predicted octanol–water partition coefficient (Wildman–Crippen LogP) is 2.40. The number of hydrogen-bond donors (Lipinski definition) is 1. The zero-order valence-corrected chi connectivity index (χ0v) is 15.6. The van der Waals surface area contributed by atoms with E-state index >= 15 is 0 Å². The number of esters is 1. The molecule has 0 bridgehead atoms. The molecule has 1 aromatic carbocycles. The molecule has 0 fully saturated rings. The molecule has 0 aliphatic heterocycles. The molecular weight excluding hydrogens is 374 g/mol. The molecule has 1 heterocycles. The van der Waals surface area contributed by atoms with Crippen molar-refractivity contribution in [3.8, 4) is 5.75 Å². The van der Waals surface area contributed by atoms with Crippen LogP contribution in [0.5, 0.6) is 5.75 Å². The molecule has 0 spiro atoms. The van der Waals surface area contributed by atoms with Crippen LogP contribution in [0, 0.1) is 13.8 Å². The van der Waals surface area contributed by atoms with Gasteiger partial charge in [-0.25, -0.2) is 0 Å². The molecule has 0 aliphatic rings. The van der Waals surface area contributed by atoms with Gasteiger partial charge in [-0.1, -0.05) is 12.1 Å². The third kappa shape index (κ3) is 5.15. The fraction of sp³-hybridized carbons (Fsp3) is 0.316. The van der Waals surface area contributed by atoms with Gasteiger partial charge >= 0.3 is 12.6 Å². The second kappa shape index (κ2) is 9.12. The highest BCUT2D eigenvalue weighted by Gasteiger charge is 2.18. The number of carbonyl (C=O) groups excluding carboxylic acids is 3. The summed E-state index contributed by atoms with van der Waals surface area (Å²) in [6.07, 6.45) is 0. The lowest BCUT2D eigenvalue weighted by Crippen LogP contribution is -2.32. The van der Waals surface area contributed by atoms with Gasteiger partial charge in [0, 0.05) is 24.0 Å². The summed E-state index contributed by atoms with van der Waals surface area (Å²) < 4.78 is 35.8. The number of ketones is 1. The number of para-hydroxylation sites is 1. The number of Topliss-reactive ketones (excluding diaryl/α,β-unsaturated/α-hetero) is 1.